The second-order valence-electron chi connectivity index (χ2n) is 7.64. The van der Waals surface area contributed by atoms with Crippen molar-refractivity contribution in [2.24, 2.45) is 10.7 Å². The highest BCUT2D eigenvalue weighted by molar-refractivity contribution is 6.10. The lowest BCUT2D eigenvalue weighted by molar-refractivity contribution is -0.165. The van der Waals surface area contributed by atoms with Crippen molar-refractivity contribution in [2.75, 3.05) is 0 Å². The number of benzene rings is 1. The largest absolute Gasteiger partial charge is 0.420 e. The summed E-state index contributed by atoms with van der Waals surface area (Å²) < 4.78 is 64.2. The normalized spacial score (nSPS) is 16.2. The SMILES string of the molecule is NC(=CC(=NCc1ccccc1F)c1ccon1)c1nnc2nc(C3(C(F)(F)F)CC3)oc2n1. The molecule has 3 heterocycles. The third-order valence-corrected chi connectivity index (χ3v) is 5.37. The molecule has 4 aromatic rings. The highest BCUT2D eigenvalue weighted by Crippen LogP contribution is 2.58. The molecule has 5 rings (SSSR count). The van der Waals surface area contributed by atoms with Crippen LogP contribution in [0.1, 0.15) is 35.8 Å². The van der Waals surface area contributed by atoms with E-state index in [0.29, 0.717) is 11.3 Å². The lowest BCUT2D eigenvalue weighted by Crippen LogP contribution is -2.28. The molecule has 0 bridgehead atoms. The number of hydrogen-bond donors (Lipinski definition) is 1. The Morgan fingerprint density at radius 2 is 1.94 bits per heavy atom. The molecule has 34 heavy (non-hydrogen) atoms. The van der Waals surface area contributed by atoms with Gasteiger partial charge in [0.15, 0.2) is 0 Å². The second kappa shape index (κ2) is 8.01. The highest BCUT2D eigenvalue weighted by atomic mass is 19.4. The van der Waals surface area contributed by atoms with Crippen molar-refractivity contribution in [1.82, 2.24) is 25.3 Å². The standard InChI is InChI=1S/C21H15F4N7O2/c22-12-4-2-1-3-11(12)10-27-15(14-5-8-33-32-14)9-13(26)16-28-18-17(31-30-16)29-19(34-18)20(6-7-20)21(23,24)25/h1-5,8-9H,6-7,10,26H2. The van der Waals surface area contributed by atoms with E-state index in [2.05, 4.69) is 30.3 Å². The molecule has 0 amide bonds. The van der Waals surface area contributed by atoms with Gasteiger partial charge in [-0.3, -0.25) is 4.99 Å². The van der Waals surface area contributed by atoms with Gasteiger partial charge >= 0.3 is 6.18 Å². The fourth-order valence-electron chi connectivity index (χ4n) is 3.28. The number of fused-ring (bicyclic) bond motifs is 1. The van der Waals surface area contributed by atoms with Crippen LogP contribution in [-0.4, -0.2) is 37.2 Å². The molecule has 3 aromatic heterocycles. The summed E-state index contributed by atoms with van der Waals surface area (Å²) in [6, 6.07) is 7.67. The van der Waals surface area contributed by atoms with Crippen molar-refractivity contribution in [1.29, 1.82) is 0 Å². The zero-order valence-electron chi connectivity index (χ0n) is 17.3. The molecule has 0 aliphatic heterocycles. The summed E-state index contributed by atoms with van der Waals surface area (Å²) in [7, 11) is 0. The molecule has 0 saturated heterocycles. The number of aliphatic imine (C=N–C) groups is 1. The second-order valence-corrected chi connectivity index (χ2v) is 7.64. The molecule has 1 aromatic carbocycles. The first-order valence-electron chi connectivity index (χ1n) is 10.0. The van der Waals surface area contributed by atoms with E-state index in [1.807, 2.05) is 0 Å². The van der Waals surface area contributed by atoms with Gasteiger partial charge in [0.25, 0.3) is 5.71 Å². The molecule has 1 fully saturated rings. The summed E-state index contributed by atoms with van der Waals surface area (Å²) in [4.78, 5) is 12.2. The van der Waals surface area contributed by atoms with E-state index in [1.165, 1.54) is 24.5 Å². The molecule has 1 aliphatic carbocycles. The van der Waals surface area contributed by atoms with E-state index in [-0.39, 0.29) is 48.0 Å². The monoisotopic (exact) mass is 473 g/mol. The van der Waals surface area contributed by atoms with E-state index in [0.717, 1.165) is 0 Å². The molecule has 9 nitrogen and oxygen atoms in total. The van der Waals surface area contributed by atoms with Crippen LogP contribution in [0.3, 0.4) is 0 Å². The maximum absolute atomic E-state index is 14.0. The fraction of sp³-hybridized carbons (Fsp3) is 0.238. The quantitative estimate of drug-likeness (QED) is 0.331. The Kier molecular flexibility index (Phi) is 5.10. The van der Waals surface area contributed by atoms with Crippen LogP contribution in [0.4, 0.5) is 17.6 Å². The zero-order chi connectivity index (χ0) is 23.9. The van der Waals surface area contributed by atoms with E-state index in [4.69, 9.17) is 14.7 Å². The van der Waals surface area contributed by atoms with Crippen molar-refractivity contribution in [3.63, 3.8) is 0 Å². The van der Waals surface area contributed by atoms with Crippen LogP contribution in [-0.2, 0) is 12.0 Å². The van der Waals surface area contributed by atoms with Gasteiger partial charge in [0.1, 0.15) is 23.2 Å². The molecule has 0 radical (unpaired) electrons. The van der Waals surface area contributed by atoms with Crippen molar-refractivity contribution < 1.29 is 26.5 Å². The van der Waals surface area contributed by atoms with Gasteiger partial charge in [0.05, 0.1) is 18.0 Å². The Morgan fingerprint density at radius 3 is 2.62 bits per heavy atom. The number of nitrogens with two attached hydrogens (primary N) is 1. The lowest BCUT2D eigenvalue weighted by atomic mass is 10.1. The molecule has 0 spiro atoms. The lowest BCUT2D eigenvalue weighted by Gasteiger charge is -2.14. The van der Waals surface area contributed by atoms with Crippen molar-refractivity contribution in [3.05, 3.63) is 71.5 Å². The predicted molar refractivity (Wildman–Crippen MR) is 110 cm³/mol. The Bertz CT molecular complexity index is 1410. The first kappa shape index (κ1) is 21.7. The van der Waals surface area contributed by atoms with Crippen molar-refractivity contribution in [2.45, 2.75) is 31.0 Å². The van der Waals surface area contributed by atoms with Crippen LogP contribution < -0.4 is 5.73 Å². The van der Waals surface area contributed by atoms with Crippen molar-refractivity contribution >= 4 is 22.8 Å². The summed E-state index contributed by atoms with van der Waals surface area (Å²) in [5.41, 5.74) is 4.49. The van der Waals surface area contributed by atoms with Gasteiger partial charge in [0, 0.05) is 11.6 Å². The summed E-state index contributed by atoms with van der Waals surface area (Å²) in [5.74, 6) is -1.03. The number of nitrogens with zero attached hydrogens (tertiary/aromatic N) is 6. The zero-order valence-corrected chi connectivity index (χ0v) is 17.3. The number of alkyl halides is 3. The Hall–Kier alpha value is -4.16. The summed E-state index contributed by atoms with van der Waals surface area (Å²) in [6.07, 6.45) is -2.04. The first-order valence-corrected chi connectivity index (χ1v) is 10.0. The molecule has 2 N–H and O–H groups in total. The van der Waals surface area contributed by atoms with E-state index in [1.54, 1.807) is 18.2 Å². The molecular formula is C21H15F4N7O2. The molecule has 174 valence electrons. The van der Waals surface area contributed by atoms with Gasteiger partial charge in [0.2, 0.25) is 17.4 Å². The number of allylic oxidation sites excluding steroid dienone is 1. The van der Waals surface area contributed by atoms with E-state index < -0.39 is 23.3 Å². The first-order chi connectivity index (χ1) is 16.3. The average Bonchev–Trinajstić information content (AvgIpc) is 3.26. The number of halogens is 4. The highest BCUT2D eigenvalue weighted by Gasteiger charge is 2.67. The van der Waals surface area contributed by atoms with Gasteiger partial charge in [-0.2, -0.15) is 23.1 Å². The van der Waals surface area contributed by atoms with Gasteiger partial charge < -0.3 is 14.7 Å². The van der Waals surface area contributed by atoms with Crippen LogP contribution in [0.15, 0.2) is 56.6 Å². The average molecular weight is 473 g/mol. The fourth-order valence-corrected chi connectivity index (χ4v) is 3.28. The van der Waals surface area contributed by atoms with Crippen LogP contribution in [0.5, 0.6) is 0 Å². The van der Waals surface area contributed by atoms with Gasteiger partial charge in [-0.25, -0.2) is 4.39 Å². The minimum absolute atomic E-state index is 0.0121. The van der Waals surface area contributed by atoms with Crippen LogP contribution in [0.25, 0.3) is 17.1 Å². The third-order valence-electron chi connectivity index (χ3n) is 5.37. The minimum atomic E-state index is -4.50. The molecule has 1 saturated carbocycles. The number of aromatic nitrogens is 5. The molecular weight excluding hydrogens is 458 g/mol. The minimum Gasteiger partial charge on any atom is -0.420 e. The molecule has 1 aliphatic rings. The van der Waals surface area contributed by atoms with Crippen molar-refractivity contribution in [3.8, 4) is 0 Å². The maximum Gasteiger partial charge on any atom is 0.403 e. The molecule has 0 unspecified atom stereocenters. The van der Waals surface area contributed by atoms with E-state index >= 15 is 0 Å². The number of rotatable bonds is 6. The third kappa shape index (κ3) is 3.89. The summed E-state index contributed by atoms with van der Waals surface area (Å²) in [6.45, 7) is -0.0121. The Labute approximate surface area is 188 Å². The maximum atomic E-state index is 14.0. The number of oxazole rings is 1. The molecule has 13 heteroatoms. The molecule has 0 atom stereocenters. The number of hydrogen-bond acceptors (Lipinski definition) is 9. The smallest absolute Gasteiger partial charge is 0.403 e. The van der Waals surface area contributed by atoms with Gasteiger partial charge in [-0.15, -0.1) is 10.2 Å². The summed E-state index contributed by atoms with van der Waals surface area (Å²) in [5, 5.41) is 11.4. The predicted octanol–water partition coefficient (Wildman–Crippen LogP) is 3.72. The summed E-state index contributed by atoms with van der Waals surface area (Å²) >= 11 is 0. The van der Waals surface area contributed by atoms with Crippen LogP contribution in [0.2, 0.25) is 0 Å². The Morgan fingerprint density at radius 1 is 1.15 bits per heavy atom. The topological polar surface area (TPSA) is 129 Å². The van der Waals surface area contributed by atoms with E-state index in [9.17, 15) is 17.6 Å². The Balaban J connectivity index is 1.47. The van der Waals surface area contributed by atoms with Gasteiger partial charge in [-0.05, 0) is 25.0 Å². The van der Waals surface area contributed by atoms with Crippen LogP contribution in [0, 0.1) is 5.82 Å². The van der Waals surface area contributed by atoms with Crippen LogP contribution >= 0.6 is 0 Å². The van der Waals surface area contributed by atoms with Gasteiger partial charge in [-0.1, -0.05) is 23.4 Å².